The molecule has 2 aromatic rings. The Morgan fingerprint density at radius 1 is 1.15 bits per heavy atom. The fraction of sp³-hybridized carbons (Fsp3) is 0.455. The number of nitrogens with zero attached hydrogens (tertiary/aromatic N) is 2. The van der Waals surface area contributed by atoms with Crippen LogP contribution in [0.25, 0.3) is 0 Å². The summed E-state index contributed by atoms with van der Waals surface area (Å²) in [5.74, 6) is -5.46. The number of aromatic nitrogens is 1. The van der Waals surface area contributed by atoms with Gasteiger partial charge < -0.3 is 25.8 Å². The first-order valence-corrected chi connectivity index (χ1v) is 13.0. The van der Waals surface area contributed by atoms with E-state index >= 15 is 0 Å². The van der Waals surface area contributed by atoms with Gasteiger partial charge in [0.15, 0.2) is 0 Å². The number of primary amides is 1. The van der Waals surface area contributed by atoms with Crippen LogP contribution in [0.3, 0.4) is 0 Å². The summed E-state index contributed by atoms with van der Waals surface area (Å²) in [4.78, 5) is 35.3. The van der Waals surface area contributed by atoms with Crippen molar-refractivity contribution in [2.75, 3.05) is 31.5 Å². The van der Waals surface area contributed by atoms with E-state index in [-0.39, 0.29) is 26.5 Å². The lowest BCUT2D eigenvalue weighted by Crippen LogP contribution is -2.30. The van der Waals surface area contributed by atoms with E-state index in [0.717, 1.165) is 56.1 Å². The number of anilines is 1. The van der Waals surface area contributed by atoms with Crippen LogP contribution < -0.4 is 21.1 Å². The maximum atomic E-state index is 14.0. The first-order valence-electron chi connectivity index (χ1n) is 11.4. The second kappa shape index (κ2) is 14.9. The smallest absolute Gasteiger partial charge is 0.475 e. The number of benzene rings is 1. The number of unbranched alkanes of at least 4 members (excludes halogenated alkanes) is 1. The molecule has 5 N–H and O–H groups in total. The van der Waals surface area contributed by atoms with Gasteiger partial charge in [0.2, 0.25) is 5.88 Å². The molecule has 1 aromatic carbocycles. The number of likely N-dealkylation sites (tertiary alicyclic amines) is 1. The average Bonchev–Trinajstić information content (AvgIpc) is 3.48. The number of hydrogen-bond acceptors (Lipinski definition) is 7. The molecule has 216 valence electrons. The number of amides is 3. The van der Waals surface area contributed by atoms with Crippen LogP contribution in [-0.4, -0.2) is 64.6 Å². The molecule has 0 spiro atoms. The fourth-order valence-electron chi connectivity index (χ4n) is 3.34. The Hall–Kier alpha value is -3.05. The van der Waals surface area contributed by atoms with E-state index in [1.165, 1.54) is 12.8 Å². The SMILES string of the molecule is NC(=O)c1c(OCc2c(F)cc(Br)cc2F)nsc1NC(=O)NCCCCN1CCCC1.O=C(O)C(F)(F)F. The van der Waals surface area contributed by atoms with E-state index in [2.05, 4.69) is 35.8 Å². The molecule has 39 heavy (non-hydrogen) atoms. The van der Waals surface area contributed by atoms with Crippen molar-refractivity contribution in [2.45, 2.75) is 38.5 Å². The molecule has 0 bridgehead atoms. The number of carboxylic acids is 1. The van der Waals surface area contributed by atoms with Gasteiger partial charge in [0.05, 0.1) is 5.56 Å². The number of hydrogen-bond donors (Lipinski definition) is 4. The Morgan fingerprint density at radius 2 is 1.74 bits per heavy atom. The van der Waals surface area contributed by atoms with Crippen LogP contribution in [0.5, 0.6) is 5.88 Å². The number of rotatable bonds is 10. The Bertz CT molecular complexity index is 1140. The predicted molar refractivity (Wildman–Crippen MR) is 135 cm³/mol. The van der Waals surface area contributed by atoms with Gasteiger partial charge in [-0.2, -0.15) is 17.5 Å². The number of halogens is 6. The van der Waals surface area contributed by atoms with E-state index in [1.807, 2.05) is 0 Å². The van der Waals surface area contributed by atoms with E-state index in [4.69, 9.17) is 20.4 Å². The molecule has 1 saturated heterocycles. The predicted octanol–water partition coefficient (Wildman–Crippen LogP) is 4.49. The highest BCUT2D eigenvalue weighted by Crippen LogP contribution is 2.31. The van der Waals surface area contributed by atoms with Crippen molar-refractivity contribution in [1.29, 1.82) is 0 Å². The molecule has 10 nitrogen and oxygen atoms in total. The number of carboxylic acid groups (broad SMARTS) is 1. The number of alkyl halides is 3. The van der Waals surface area contributed by atoms with Crippen molar-refractivity contribution < 1.29 is 46.2 Å². The second-order valence-electron chi connectivity index (χ2n) is 8.13. The van der Waals surface area contributed by atoms with Crippen molar-refractivity contribution in [3.05, 3.63) is 39.4 Å². The number of carbonyl (C=O) groups is 3. The van der Waals surface area contributed by atoms with Gasteiger partial charge in [-0.05, 0) is 69.0 Å². The molecule has 3 amide bonds. The largest absolute Gasteiger partial charge is 0.490 e. The van der Waals surface area contributed by atoms with Gasteiger partial charge in [0.1, 0.15) is 28.8 Å². The number of aliphatic carboxylic acids is 1. The molecule has 1 fully saturated rings. The van der Waals surface area contributed by atoms with E-state index in [0.29, 0.717) is 6.54 Å². The van der Waals surface area contributed by atoms with Crippen LogP contribution in [0.2, 0.25) is 0 Å². The van der Waals surface area contributed by atoms with Crippen LogP contribution in [0, 0.1) is 11.6 Å². The van der Waals surface area contributed by atoms with Gasteiger partial charge in [-0.15, -0.1) is 0 Å². The summed E-state index contributed by atoms with van der Waals surface area (Å²) in [6, 6.07) is 1.69. The van der Waals surface area contributed by atoms with Crippen molar-refractivity contribution >= 4 is 50.4 Å². The zero-order valence-electron chi connectivity index (χ0n) is 20.2. The van der Waals surface area contributed by atoms with Gasteiger partial charge in [-0.25, -0.2) is 18.4 Å². The summed E-state index contributed by atoms with van der Waals surface area (Å²) in [6.07, 6.45) is -0.782. The molecule has 0 aliphatic carbocycles. The van der Waals surface area contributed by atoms with Crippen LogP contribution in [0.1, 0.15) is 41.6 Å². The topological polar surface area (TPSA) is 147 Å². The van der Waals surface area contributed by atoms with Crippen molar-refractivity contribution in [2.24, 2.45) is 5.73 Å². The van der Waals surface area contributed by atoms with Gasteiger partial charge in [-0.1, -0.05) is 15.9 Å². The Balaban J connectivity index is 0.000000673. The lowest BCUT2D eigenvalue weighted by atomic mass is 10.2. The fourth-order valence-corrected chi connectivity index (χ4v) is 4.48. The minimum absolute atomic E-state index is 0.0961. The second-order valence-corrected chi connectivity index (χ2v) is 9.82. The Morgan fingerprint density at radius 3 is 2.28 bits per heavy atom. The molecular formula is C22H25BrF5N5O5S. The summed E-state index contributed by atoms with van der Waals surface area (Å²) < 4.78 is 69.2. The number of nitrogens with two attached hydrogens (primary N) is 1. The molecule has 1 aliphatic heterocycles. The molecule has 1 aromatic heterocycles. The van der Waals surface area contributed by atoms with Gasteiger partial charge in [0.25, 0.3) is 5.91 Å². The molecule has 17 heteroatoms. The van der Waals surface area contributed by atoms with Crippen LogP contribution in [0.4, 0.5) is 31.7 Å². The highest BCUT2D eigenvalue weighted by atomic mass is 79.9. The summed E-state index contributed by atoms with van der Waals surface area (Å²) in [5.41, 5.74) is 4.92. The molecule has 0 unspecified atom stereocenters. The molecule has 0 radical (unpaired) electrons. The molecule has 3 rings (SSSR count). The van der Waals surface area contributed by atoms with Crippen molar-refractivity contribution in [1.82, 2.24) is 14.6 Å². The zero-order valence-corrected chi connectivity index (χ0v) is 22.6. The lowest BCUT2D eigenvalue weighted by molar-refractivity contribution is -0.192. The maximum Gasteiger partial charge on any atom is 0.490 e. The van der Waals surface area contributed by atoms with Gasteiger partial charge in [-0.3, -0.25) is 10.1 Å². The van der Waals surface area contributed by atoms with Crippen LogP contribution in [0.15, 0.2) is 16.6 Å². The Kier molecular flexibility index (Phi) is 12.3. The number of urea groups is 1. The Labute approximate surface area is 232 Å². The average molecular weight is 646 g/mol. The third-order valence-corrected chi connectivity index (χ3v) is 6.42. The summed E-state index contributed by atoms with van der Waals surface area (Å²) in [7, 11) is 0. The first kappa shape index (κ1) is 32.2. The summed E-state index contributed by atoms with van der Waals surface area (Å²) in [6.45, 7) is 3.28. The minimum atomic E-state index is -5.08. The monoisotopic (exact) mass is 645 g/mol. The molecule has 0 saturated carbocycles. The minimum Gasteiger partial charge on any atom is -0.475 e. The number of carbonyl (C=O) groups excluding carboxylic acids is 2. The molecule has 1 aliphatic rings. The summed E-state index contributed by atoms with van der Waals surface area (Å²) >= 11 is 3.79. The van der Waals surface area contributed by atoms with Crippen LogP contribution >= 0.6 is 27.5 Å². The number of nitrogens with one attached hydrogen (secondary N) is 2. The van der Waals surface area contributed by atoms with Gasteiger partial charge >= 0.3 is 18.2 Å². The first-order chi connectivity index (χ1) is 18.3. The quantitative estimate of drug-likeness (QED) is 0.220. The number of ether oxygens (including phenoxy) is 1. The van der Waals surface area contributed by atoms with E-state index < -0.39 is 42.3 Å². The van der Waals surface area contributed by atoms with Crippen molar-refractivity contribution in [3.8, 4) is 5.88 Å². The van der Waals surface area contributed by atoms with Crippen molar-refractivity contribution in [3.63, 3.8) is 0 Å². The highest BCUT2D eigenvalue weighted by molar-refractivity contribution is 9.10. The van der Waals surface area contributed by atoms with Gasteiger partial charge in [0, 0.05) is 11.0 Å². The third-order valence-electron chi connectivity index (χ3n) is 5.22. The molecular weight excluding hydrogens is 621 g/mol. The zero-order chi connectivity index (χ0) is 29.2. The molecule has 2 heterocycles. The highest BCUT2D eigenvalue weighted by Gasteiger charge is 2.38. The molecule has 0 atom stereocenters. The standard InChI is InChI=1S/C20H24BrF2N5O3S.C2HF3O2/c21-12-9-14(22)13(15(23)10-12)11-31-18-16(17(24)29)19(32-27-18)26-20(30)25-5-1-2-6-28-7-3-4-8-28;3-2(4,5)1(6)7/h9-10H,1-8,11H2,(H2,24,29)(H2,25,26,30);(H,6,7). The van der Waals surface area contributed by atoms with Crippen LogP contribution in [-0.2, 0) is 11.4 Å². The lowest BCUT2D eigenvalue weighted by Gasteiger charge is -2.14. The summed E-state index contributed by atoms with van der Waals surface area (Å²) in [5, 5.41) is 12.5. The van der Waals surface area contributed by atoms with E-state index in [9.17, 15) is 31.5 Å². The normalized spacial score (nSPS) is 13.4. The third kappa shape index (κ3) is 10.6. The van der Waals surface area contributed by atoms with E-state index in [1.54, 1.807) is 0 Å². The maximum absolute atomic E-state index is 14.0.